The molecule has 6 heteroatoms. The summed E-state index contributed by atoms with van der Waals surface area (Å²) in [6.45, 7) is 2.00. The van der Waals surface area contributed by atoms with Crippen LogP contribution in [0.15, 0.2) is 54.6 Å². The molecule has 0 aliphatic heterocycles. The van der Waals surface area contributed by atoms with Gasteiger partial charge in [0.25, 0.3) is 0 Å². The highest BCUT2D eigenvalue weighted by molar-refractivity contribution is 5.97. The second kappa shape index (κ2) is 7.74. The Labute approximate surface area is 150 Å². The number of nitrogens with one attached hydrogen (secondary N) is 2. The molecule has 0 unspecified atom stereocenters. The average molecular weight is 352 g/mol. The van der Waals surface area contributed by atoms with Crippen molar-refractivity contribution in [3.8, 4) is 0 Å². The van der Waals surface area contributed by atoms with E-state index < -0.39 is 12.1 Å². The summed E-state index contributed by atoms with van der Waals surface area (Å²) in [5.74, 6) is -1.02. The molecule has 0 spiro atoms. The molecule has 1 heterocycles. The molecule has 3 aromatic rings. The summed E-state index contributed by atoms with van der Waals surface area (Å²) in [7, 11) is 0. The number of benzene rings is 2. The van der Waals surface area contributed by atoms with Crippen LogP contribution in [-0.4, -0.2) is 28.2 Å². The standard InChI is InChI=1S/C20H20N2O4/c1-13(21-20(25)26-12-14-7-3-2-4-8-14)11-16-15-9-5-6-10-17(15)22-18(16)19(23)24/h2-10,13,22H,11-12H2,1H3,(H,21,25)(H,23,24)/t13-/m1/s1. The van der Waals surface area contributed by atoms with E-state index in [9.17, 15) is 14.7 Å². The molecular weight excluding hydrogens is 332 g/mol. The van der Waals surface area contributed by atoms with Crippen molar-refractivity contribution in [3.63, 3.8) is 0 Å². The third-order valence-corrected chi connectivity index (χ3v) is 4.11. The van der Waals surface area contributed by atoms with Gasteiger partial charge in [-0.3, -0.25) is 0 Å². The van der Waals surface area contributed by atoms with Crippen molar-refractivity contribution >= 4 is 23.0 Å². The summed E-state index contributed by atoms with van der Waals surface area (Å²) in [6, 6.07) is 16.5. The van der Waals surface area contributed by atoms with Crippen molar-refractivity contribution in [2.24, 2.45) is 0 Å². The predicted molar refractivity (Wildman–Crippen MR) is 98.2 cm³/mol. The first-order chi connectivity index (χ1) is 12.5. The van der Waals surface area contributed by atoms with E-state index >= 15 is 0 Å². The largest absolute Gasteiger partial charge is 0.477 e. The number of aromatic nitrogens is 1. The summed E-state index contributed by atoms with van der Waals surface area (Å²) >= 11 is 0. The predicted octanol–water partition coefficient (Wildman–Crippen LogP) is 3.72. The molecule has 0 bridgehead atoms. The lowest BCUT2D eigenvalue weighted by molar-refractivity contribution is 0.0690. The van der Waals surface area contributed by atoms with Gasteiger partial charge in [-0.25, -0.2) is 9.59 Å². The fourth-order valence-electron chi connectivity index (χ4n) is 2.92. The van der Waals surface area contributed by atoms with Gasteiger partial charge in [-0.15, -0.1) is 0 Å². The minimum absolute atomic E-state index is 0.150. The van der Waals surface area contributed by atoms with E-state index in [1.807, 2.05) is 61.5 Å². The zero-order valence-corrected chi connectivity index (χ0v) is 14.4. The maximum absolute atomic E-state index is 12.0. The van der Waals surface area contributed by atoms with E-state index in [1.54, 1.807) is 0 Å². The Bertz CT molecular complexity index is 918. The van der Waals surface area contributed by atoms with Crippen LogP contribution in [0.3, 0.4) is 0 Å². The molecule has 1 amide bonds. The number of hydrogen-bond acceptors (Lipinski definition) is 3. The SMILES string of the molecule is C[C@H](Cc1c(C(=O)O)[nH]c2ccccc12)NC(=O)OCc1ccccc1. The van der Waals surface area contributed by atoms with Gasteiger partial charge in [0, 0.05) is 16.9 Å². The Balaban J connectivity index is 1.65. The number of carbonyl (C=O) groups excluding carboxylic acids is 1. The third-order valence-electron chi connectivity index (χ3n) is 4.11. The molecule has 1 aromatic heterocycles. The Morgan fingerprint density at radius 3 is 2.54 bits per heavy atom. The first-order valence-corrected chi connectivity index (χ1v) is 8.34. The molecule has 2 aromatic carbocycles. The number of hydrogen-bond donors (Lipinski definition) is 3. The second-order valence-electron chi connectivity index (χ2n) is 6.14. The number of rotatable bonds is 6. The van der Waals surface area contributed by atoms with Crippen LogP contribution >= 0.6 is 0 Å². The van der Waals surface area contributed by atoms with E-state index in [-0.39, 0.29) is 18.3 Å². The molecular formula is C20H20N2O4. The number of carboxylic acids is 1. The number of para-hydroxylation sites is 1. The van der Waals surface area contributed by atoms with Crippen molar-refractivity contribution < 1.29 is 19.4 Å². The number of aromatic amines is 1. The van der Waals surface area contributed by atoms with Crippen LogP contribution in [0.4, 0.5) is 4.79 Å². The molecule has 6 nitrogen and oxygen atoms in total. The average Bonchev–Trinajstić information content (AvgIpc) is 3.00. The van der Waals surface area contributed by atoms with Gasteiger partial charge in [0.1, 0.15) is 12.3 Å². The van der Waals surface area contributed by atoms with E-state index in [1.165, 1.54) is 0 Å². The summed E-state index contributed by atoms with van der Waals surface area (Å²) in [5.41, 5.74) is 2.49. The quantitative estimate of drug-likeness (QED) is 0.630. The first-order valence-electron chi connectivity index (χ1n) is 8.34. The maximum atomic E-state index is 12.0. The highest BCUT2D eigenvalue weighted by atomic mass is 16.5. The van der Waals surface area contributed by atoms with Gasteiger partial charge in [-0.05, 0) is 30.5 Å². The van der Waals surface area contributed by atoms with Crippen molar-refractivity contribution in [1.29, 1.82) is 0 Å². The minimum atomic E-state index is -1.02. The van der Waals surface area contributed by atoms with Crippen LogP contribution < -0.4 is 5.32 Å². The number of aromatic carboxylic acids is 1. The second-order valence-corrected chi connectivity index (χ2v) is 6.14. The third kappa shape index (κ3) is 4.03. The van der Waals surface area contributed by atoms with E-state index in [0.717, 1.165) is 16.5 Å². The van der Waals surface area contributed by atoms with Crippen molar-refractivity contribution in [1.82, 2.24) is 10.3 Å². The summed E-state index contributed by atoms with van der Waals surface area (Å²) < 4.78 is 5.21. The highest BCUT2D eigenvalue weighted by Crippen LogP contribution is 2.24. The van der Waals surface area contributed by atoms with Crippen molar-refractivity contribution in [2.75, 3.05) is 0 Å². The zero-order chi connectivity index (χ0) is 18.5. The van der Waals surface area contributed by atoms with Crippen LogP contribution in [-0.2, 0) is 17.8 Å². The Kier molecular flexibility index (Phi) is 5.22. The van der Waals surface area contributed by atoms with Gasteiger partial charge in [0.05, 0.1) is 0 Å². The molecule has 0 aliphatic carbocycles. The van der Waals surface area contributed by atoms with Crippen molar-refractivity contribution in [2.45, 2.75) is 26.0 Å². The van der Waals surface area contributed by atoms with Crippen LogP contribution in [0.1, 0.15) is 28.5 Å². The van der Waals surface area contributed by atoms with Crippen LogP contribution in [0.25, 0.3) is 10.9 Å². The topological polar surface area (TPSA) is 91.4 Å². The summed E-state index contributed by atoms with van der Waals surface area (Å²) in [5, 5.41) is 13.0. The highest BCUT2D eigenvalue weighted by Gasteiger charge is 2.19. The van der Waals surface area contributed by atoms with Crippen LogP contribution in [0, 0.1) is 0 Å². The monoisotopic (exact) mass is 352 g/mol. The normalized spacial score (nSPS) is 11.9. The lowest BCUT2D eigenvalue weighted by Crippen LogP contribution is -2.34. The lowest BCUT2D eigenvalue weighted by atomic mass is 10.0. The van der Waals surface area contributed by atoms with Crippen LogP contribution in [0.5, 0.6) is 0 Å². The number of ether oxygens (including phenoxy) is 1. The number of alkyl carbamates (subject to hydrolysis) is 1. The molecule has 3 N–H and O–H groups in total. The maximum Gasteiger partial charge on any atom is 0.407 e. The van der Waals surface area contributed by atoms with E-state index in [2.05, 4.69) is 10.3 Å². The number of carbonyl (C=O) groups is 2. The summed E-state index contributed by atoms with van der Waals surface area (Å²) in [4.78, 5) is 26.4. The van der Waals surface area contributed by atoms with Gasteiger partial charge in [-0.1, -0.05) is 48.5 Å². The molecule has 1 atom stereocenters. The number of fused-ring (bicyclic) bond motifs is 1. The number of amides is 1. The molecule has 0 fully saturated rings. The fourth-order valence-corrected chi connectivity index (χ4v) is 2.92. The smallest absolute Gasteiger partial charge is 0.407 e. The van der Waals surface area contributed by atoms with Gasteiger partial charge in [0.2, 0.25) is 0 Å². The summed E-state index contributed by atoms with van der Waals surface area (Å²) in [6.07, 6.45) is -0.149. The van der Waals surface area contributed by atoms with Gasteiger partial charge < -0.3 is 20.1 Å². The first kappa shape index (κ1) is 17.5. The number of carboxylic acid groups (broad SMARTS) is 1. The minimum Gasteiger partial charge on any atom is -0.477 e. The Morgan fingerprint density at radius 2 is 1.81 bits per heavy atom. The van der Waals surface area contributed by atoms with Gasteiger partial charge in [-0.2, -0.15) is 0 Å². The van der Waals surface area contributed by atoms with Gasteiger partial charge in [0.15, 0.2) is 0 Å². The van der Waals surface area contributed by atoms with E-state index in [0.29, 0.717) is 12.0 Å². The molecule has 3 rings (SSSR count). The fraction of sp³-hybridized carbons (Fsp3) is 0.200. The van der Waals surface area contributed by atoms with E-state index in [4.69, 9.17) is 4.74 Å². The number of H-pyrrole nitrogens is 1. The van der Waals surface area contributed by atoms with Gasteiger partial charge >= 0.3 is 12.1 Å². The molecule has 134 valence electrons. The molecule has 0 radical (unpaired) electrons. The van der Waals surface area contributed by atoms with Crippen LogP contribution in [0.2, 0.25) is 0 Å². The lowest BCUT2D eigenvalue weighted by Gasteiger charge is -2.14. The molecule has 0 saturated carbocycles. The Hall–Kier alpha value is -3.28. The molecule has 0 aliphatic rings. The molecule has 26 heavy (non-hydrogen) atoms. The van der Waals surface area contributed by atoms with Crippen molar-refractivity contribution in [3.05, 3.63) is 71.4 Å². The zero-order valence-electron chi connectivity index (χ0n) is 14.4. The Morgan fingerprint density at radius 1 is 1.12 bits per heavy atom. The molecule has 0 saturated heterocycles.